The first-order valence-electron chi connectivity index (χ1n) is 5.82. The minimum Gasteiger partial charge on any atom is -0.463 e. The summed E-state index contributed by atoms with van der Waals surface area (Å²) in [6, 6.07) is 0. The van der Waals surface area contributed by atoms with Crippen molar-refractivity contribution in [2.24, 2.45) is 5.41 Å². The monoisotopic (exact) mass is 198 g/mol. The van der Waals surface area contributed by atoms with E-state index in [0.717, 1.165) is 19.3 Å². The summed E-state index contributed by atoms with van der Waals surface area (Å²) in [6.07, 6.45) is 6.63. The molecule has 82 valence electrons. The molecule has 0 N–H and O–H groups in total. The summed E-state index contributed by atoms with van der Waals surface area (Å²) in [5.74, 6) is 0.0368. The molecule has 0 amide bonds. The molecule has 0 unspecified atom stereocenters. The zero-order valence-corrected chi connectivity index (χ0v) is 9.64. The molecule has 0 aromatic carbocycles. The lowest BCUT2D eigenvalue weighted by Crippen LogP contribution is -2.35. The lowest BCUT2D eigenvalue weighted by Gasteiger charge is -2.34. The molecule has 0 aromatic rings. The highest BCUT2D eigenvalue weighted by molar-refractivity contribution is 5.77. The number of carbonyl (C=O) groups excluding carboxylic acids is 1. The third-order valence-corrected chi connectivity index (χ3v) is 3.26. The molecule has 14 heavy (non-hydrogen) atoms. The van der Waals surface area contributed by atoms with Crippen LogP contribution in [-0.4, -0.2) is 12.1 Å². The Kier molecular flexibility index (Phi) is 3.97. The molecule has 0 saturated heterocycles. The maximum atomic E-state index is 11.9. The molecule has 1 rings (SSSR count). The van der Waals surface area contributed by atoms with Crippen LogP contribution in [-0.2, 0) is 9.53 Å². The fourth-order valence-electron chi connectivity index (χ4n) is 2.27. The Labute approximate surface area is 87.0 Å². The molecule has 1 aliphatic carbocycles. The Hall–Kier alpha value is -0.530. The van der Waals surface area contributed by atoms with Gasteiger partial charge in [-0.3, -0.25) is 4.79 Å². The Morgan fingerprint density at radius 3 is 2.29 bits per heavy atom. The largest absolute Gasteiger partial charge is 0.463 e. The van der Waals surface area contributed by atoms with Crippen molar-refractivity contribution in [2.75, 3.05) is 0 Å². The molecule has 0 atom stereocenters. The van der Waals surface area contributed by atoms with Gasteiger partial charge in [0.1, 0.15) is 0 Å². The average Bonchev–Trinajstić information content (AvgIpc) is 2.18. The molecule has 1 saturated carbocycles. The van der Waals surface area contributed by atoms with Crippen molar-refractivity contribution in [3.63, 3.8) is 0 Å². The van der Waals surface area contributed by atoms with Gasteiger partial charge in [-0.15, -0.1) is 0 Å². The van der Waals surface area contributed by atoms with E-state index in [-0.39, 0.29) is 17.5 Å². The van der Waals surface area contributed by atoms with E-state index in [1.165, 1.54) is 19.3 Å². The molecule has 0 radical (unpaired) electrons. The first-order valence-corrected chi connectivity index (χ1v) is 5.82. The zero-order chi connectivity index (χ0) is 10.6. The van der Waals surface area contributed by atoms with Crippen molar-refractivity contribution in [2.45, 2.75) is 65.4 Å². The number of esters is 1. The second kappa shape index (κ2) is 4.81. The van der Waals surface area contributed by atoms with E-state index in [2.05, 4.69) is 6.92 Å². The Bertz CT molecular complexity index is 190. The summed E-state index contributed by atoms with van der Waals surface area (Å²) in [4.78, 5) is 11.9. The molecule has 0 aromatic heterocycles. The van der Waals surface area contributed by atoms with Crippen molar-refractivity contribution in [1.29, 1.82) is 0 Å². The van der Waals surface area contributed by atoms with E-state index >= 15 is 0 Å². The van der Waals surface area contributed by atoms with Crippen LogP contribution in [0.1, 0.15) is 59.3 Å². The van der Waals surface area contributed by atoms with Gasteiger partial charge in [-0.25, -0.2) is 0 Å². The summed E-state index contributed by atoms with van der Waals surface area (Å²) in [5.41, 5.74) is -0.150. The number of ether oxygens (including phenoxy) is 1. The van der Waals surface area contributed by atoms with E-state index in [0.29, 0.717) is 0 Å². The minimum atomic E-state index is -0.150. The zero-order valence-electron chi connectivity index (χ0n) is 9.64. The number of hydrogen-bond acceptors (Lipinski definition) is 2. The third kappa shape index (κ3) is 2.49. The van der Waals surface area contributed by atoms with Gasteiger partial charge in [0.25, 0.3) is 0 Å². The molecule has 0 aliphatic heterocycles. The molecular weight excluding hydrogens is 176 g/mol. The van der Waals surface area contributed by atoms with Crippen LogP contribution in [0.2, 0.25) is 0 Å². The van der Waals surface area contributed by atoms with Gasteiger partial charge in [-0.05, 0) is 33.1 Å². The van der Waals surface area contributed by atoms with Gasteiger partial charge >= 0.3 is 5.97 Å². The third-order valence-electron chi connectivity index (χ3n) is 3.26. The fourth-order valence-corrected chi connectivity index (χ4v) is 2.27. The predicted molar refractivity (Wildman–Crippen MR) is 57.0 cm³/mol. The molecular formula is C12H22O2. The summed E-state index contributed by atoms with van der Waals surface area (Å²) in [6.45, 7) is 5.95. The minimum absolute atomic E-state index is 0.0212. The first-order chi connectivity index (χ1) is 6.60. The van der Waals surface area contributed by atoms with E-state index in [1.807, 2.05) is 13.8 Å². The van der Waals surface area contributed by atoms with Gasteiger partial charge in [0.2, 0.25) is 0 Å². The predicted octanol–water partition coefficient (Wildman–Crippen LogP) is 3.30. The second-order valence-electron chi connectivity index (χ2n) is 4.65. The van der Waals surface area contributed by atoms with Crippen LogP contribution < -0.4 is 0 Å². The average molecular weight is 198 g/mol. The van der Waals surface area contributed by atoms with E-state index in [4.69, 9.17) is 4.74 Å². The Balaban J connectivity index is 2.62. The standard InChI is InChI=1S/C12H22O2/c1-4-12(8-6-5-7-9-12)11(13)14-10(2)3/h10H,4-9H2,1-3H3. The molecule has 0 spiro atoms. The second-order valence-corrected chi connectivity index (χ2v) is 4.65. The summed E-state index contributed by atoms with van der Waals surface area (Å²) >= 11 is 0. The van der Waals surface area contributed by atoms with Crippen molar-refractivity contribution >= 4 is 5.97 Å². The molecule has 1 aliphatic rings. The molecule has 0 bridgehead atoms. The Morgan fingerprint density at radius 2 is 1.86 bits per heavy atom. The van der Waals surface area contributed by atoms with E-state index < -0.39 is 0 Å². The quantitative estimate of drug-likeness (QED) is 0.650. The summed E-state index contributed by atoms with van der Waals surface area (Å²) < 4.78 is 5.35. The van der Waals surface area contributed by atoms with Gasteiger partial charge in [0.05, 0.1) is 11.5 Å². The van der Waals surface area contributed by atoms with Crippen LogP contribution >= 0.6 is 0 Å². The van der Waals surface area contributed by atoms with Gasteiger partial charge in [0.15, 0.2) is 0 Å². The highest BCUT2D eigenvalue weighted by Gasteiger charge is 2.39. The van der Waals surface area contributed by atoms with E-state index in [9.17, 15) is 4.79 Å². The Morgan fingerprint density at radius 1 is 1.29 bits per heavy atom. The normalized spacial score (nSPS) is 20.9. The summed E-state index contributed by atoms with van der Waals surface area (Å²) in [5, 5.41) is 0. The van der Waals surface area contributed by atoms with Crippen molar-refractivity contribution < 1.29 is 9.53 Å². The van der Waals surface area contributed by atoms with Crippen LogP contribution in [0.3, 0.4) is 0 Å². The maximum absolute atomic E-state index is 11.9. The van der Waals surface area contributed by atoms with Crippen LogP contribution in [0.4, 0.5) is 0 Å². The van der Waals surface area contributed by atoms with Gasteiger partial charge < -0.3 is 4.74 Å². The first kappa shape index (κ1) is 11.5. The van der Waals surface area contributed by atoms with Crippen molar-refractivity contribution in [3.05, 3.63) is 0 Å². The molecule has 1 fully saturated rings. The molecule has 2 nitrogen and oxygen atoms in total. The lowest BCUT2D eigenvalue weighted by molar-refractivity contribution is -0.162. The number of hydrogen-bond donors (Lipinski definition) is 0. The van der Waals surface area contributed by atoms with Crippen molar-refractivity contribution in [3.8, 4) is 0 Å². The SMILES string of the molecule is CCC1(C(=O)OC(C)C)CCCCC1. The van der Waals surface area contributed by atoms with Gasteiger partial charge in [-0.2, -0.15) is 0 Å². The smallest absolute Gasteiger partial charge is 0.312 e. The maximum Gasteiger partial charge on any atom is 0.312 e. The van der Waals surface area contributed by atoms with Crippen LogP contribution in [0.5, 0.6) is 0 Å². The van der Waals surface area contributed by atoms with Gasteiger partial charge in [0, 0.05) is 0 Å². The molecule has 2 heteroatoms. The van der Waals surface area contributed by atoms with Crippen LogP contribution in [0, 0.1) is 5.41 Å². The highest BCUT2D eigenvalue weighted by atomic mass is 16.5. The fraction of sp³-hybridized carbons (Fsp3) is 0.917. The molecule has 0 heterocycles. The van der Waals surface area contributed by atoms with Crippen molar-refractivity contribution in [1.82, 2.24) is 0 Å². The topological polar surface area (TPSA) is 26.3 Å². The number of rotatable bonds is 3. The lowest BCUT2D eigenvalue weighted by atomic mass is 9.72. The van der Waals surface area contributed by atoms with Crippen LogP contribution in [0.15, 0.2) is 0 Å². The highest BCUT2D eigenvalue weighted by Crippen LogP contribution is 2.40. The van der Waals surface area contributed by atoms with E-state index in [1.54, 1.807) is 0 Å². The summed E-state index contributed by atoms with van der Waals surface area (Å²) in [7, 11) is 0. The van der Waals surface area contributed by atoms with Crippen LogP contribution in [0.25, 0.3) is 0 Å². The number of carbonyl (C=O) groups is 1. The van der Waals surface area contributed by atoms with Gasteiger partial charge in [-0.1, -0.05) is 26.2 Å².